The minimum Gasteiger partial charge on any atom is -0.317 e. The van der Waals surface area contributed by atoms with Crippen LogP contribution in [0, 0.1) is 5.41 Å². The first kappa shape index (κ1) is 16.2. The van der Waals surface area contributed by atoms with Gasteiger partial charge in [0.2, 0.25) is 11.7 Å². The molecule has 8 heteroatoms. The molecular formula is C15H19F3N4O. The molecule has 3 rings (SSSR count). The number of piperidine rings is 1. The van der Waals surface area contributed by atoms with Crippen LogP contribution in [-0.2, 0) is 11.0 Å². The second-order valence-corrected chi connectivity index (χ2v) is 6.24. The molecule has 1 atom stereocenters. The molecule has 0 saturated carbocycles. The molecule has 2 aliphatic heterocycles. The number of rotatable bonds is 2. The van der Waals surface area contributed by atoms with Crippen molar-refractivity contribution in [3.05, 3.63) is 18.2 Å². The molecule has 1 aromatic heterocycles. The Morgan fingerprint density at radius 2 is 1.91 bits per heavy atom. The minimum atomic E-state index is -4.58. The summed E-state index contributed by atoms with van der Waals surface area (Å²) in [5.74, 6) is -1.24. The fourth-order valence-corrected chi connectivity index (χ4v) is 3.92. The SMILES string of the molecule is CCC1N(c2cnc(C(F)(F)F)nc2)C(=O)CC12CCNCC2. The molecule has 2 aliphatic rings. The van der Waals surface area contributed by atoms with Crippen molar-refractivity contribution in [1.29, 1.82) is 0 Å². The standard InChI is InChI=1S/C15H19F3N4O/c1-2-11-14(3-5-19-6-4-14)7-12(23)22(11)10-8-20-13(21-9-10)15(16,17)18/h8-9,11,19H,2-7H2,1H3. The summed E-state index contributed by atoms with van der Waals surface area (Å²) in [6.45, 7) is 3.73. The number of hydrogen-bond acceptors (Lipinski definition) is 4. The predicted octanol–water partition coefficient (Wildman–Crippen LogP) is 2.38. The number of nitrogens with one attached hydrogen (secondary N) is 1. The molecule has 0 aliphatic carbocycles. The van der Waals surface area contributed by atoms with Gasteiger partial charge in [0.25, 0.3) is 0 Å². The average Bonchev–Trinajstić information content (AvgIpc) is 2.78. The molecule has 2 saturated heterocycles. The molecule has 1 N–H and O–H groups in total. The van der Waals surface area contributed by atoms with E-state index in [4.69, 9.17) is 0 Å². The molecule has 3 heterocycles. The topological polar surface area (TPSA) is 58.1 Å². The minimum absolute atomic E-state index is 0.0163. The van der Waals surface area contributed by atoms with Gasteiger partial charge in [0.15, 0.2) is 0 Å². The maximum absolute atomic E-state index is 12.6. The van der Waals surface area contributed by atoms with Gasteiger partial charge in [-0.15, -0.1) is 0 Å². The van der Waals surface area contributed by atoms with Gasteiger partial charge in [-0.1, -0.05) is 6.92 Å². The number of halogens is 3. The number of hydrogen-bond donors (Lipinski definition) is 1. The fraction of sp³-hybridized carbons (Fsp3) is 0.667. The Kier molecular flexibility index (Phi) is 4.03. The zero-order valence-corrected chi connectivity index (χ0v) is 12.9. The maximum Gasteiger partial charge on any atom is 0.451 e. The monoisotopic (exact) mass is 328 g/mol. The smallest absolute Gasteiger partial charge is 0.317 e. The van der Waals surface area contributed by atoms with Crippen LogP contribution in [0.4, 0.5) is 18.9 Å². The predicted molar refractivity (Wildman–Crippen MR) is 77.8 cm³/mol. The Balaban J connectivity index is 1.90. The Hall–Kier alpha value is -1.70. The van der Waals surface area contributed by atoms with Gasteiger partial charge in [-0.3, -0.25) is 4.79 Å². The van der Waals surface area contributed by atoms with E-state index in [9.17, 15) is 18.0 Å². The number of carbonyl (C=O) groups is 1. The van der Waals surface area contributed by atoms with Crippen LogP contribution in [0.25, 0.3) is 0 Å². The molecule has 23 heavy (non-hydrogen) atoms. The summed E-state index contributed by atoms with van der Waals surface area (Å²) in [5.41, 5.74) is 0.255. The molecule has 1 spiro atoms. The number of amides is 1. The Morgan fingerprint density at radius 1 is 1.30 bits per heavy atom. The summed E-state index contributed by atoms with van der Waals surface area (Å²) in [4.78, 5) is 20.9. The lowest BCUT2D eigenvalue weighted by atomic mass is 9.72. The lowest BCUT2D eigenvalue weighted by Gasteiger charge is -2.40. The highest BCUT2D eigenvalue weighted by molar-refractivity contribution is 5.97. The number of anilines is 1. The van der Waals surface area contributed by atoms with Gasteiger partial charge in [0.05, 0.1) is 18.1 Å². The molecule has 5 nitrogen and oxygen atoms in total. The van der Waals surface area contributed by atoms with E-state index in [0.29, 0.717) is 12.1 Å². The normalized spacial score (nSPS) is 24.4. The van der Waals surface area contributed by atoms with E-state index in [1.807, 2.05) is 6.92 Å². The van der Waals surface area contributed by atoms with Crippen LogP contribution in [0.15, 0.2) is 12.4 Å². The first-order chi connectivity index (χ1) is 10.9. The van der Waals surface area contributed by atoms with Crippen LogP contribution < -0.4 is 10.2 Å². The molecule has 1 aromatic rings. The quantitative estimate of drug-likeness (QED) is 0.906. The number of alkyl halides is 3. The molecule has 126 valence electrons. The van der Waals surface area contributed by atoms with Crippen molar-refractivity contribution in [2.24, 2.45) is 5.41 Å². The largest absolute Gasteiger partial charge is 0.451 e. The van der Waals surface area contributed by atoms with Crippen molar-refractivity contribution in [3.63, 3.8) is 0 Å². The van der Waals surface area contributed by atoms with Crippen molar-refractivity contribution in [2.45, 2.75) is 44.8 Å². The molecule has 0 bridgehead atoms. The lowest BCUT2D eigenvalue weighted by molar-refractivity contribution is -0.144. The highest BCUT2D eigenvalue weighted by atomic mass is 19.4. The Morgan fingerprint density at radius 3 is 2.43 bits per heavy atom. The lowest BCUT2D eigenvalue weighted by Crippen LogP contribution is -2.46. The zero-order valence-electron chi connectivity index (χ0n) is 12.9. The summed E-state index contributed by atoms with van der Waals surface area (Å²) in [6.07, 6.45) is 0.631. The summed E-state index contributed by atoms with van der Waals surface area (Å²) in [7, 11) is 0. The van der Waals surface area contributed by atoms with Crippen LogP contribution in [-0.4, -0.2) is 35.0 Å². The van der Waals surface area contributed by atoms with Crippen LogP contribution in [0.3, 0.4) is 0 Å². The number of carbonyl (C=O) groups excluding carboxylic acids is 1. The fourth-order valence-electron chi connectivity index (χ4n) is 3.92. The van der Waals surface area contributed by atoms with Gasteiger partial charge in [0, 0.05) is 17.9 Å². The zero-order chi connectivity index (χ0) is 16.7. The van der Waals surface area contributed by atoms with Gasteiger partial charge < -0.3 is 10.2 Å². The number of nitrogens with zero attached hydrogens (tertiary/aromatic N) is 3. The van der Waals surface area contributed by atoms with Crippen molar-refractivity contribution in [1.82, 2.24) is 15.3 Å². The molecule has 0 aromatic carbocycles. The third-order valence-corrected chi connectivity index (χ3v) is 4.95. The first-order valence-corrected chi connectivity index (χ1v) is 7.79. The second kappa shape index (κ2) is 5.74. The van der Waals surface area contributed by atoms with Crippen molar-refractivity contribution < 1.29 is 18.0 Å². The van der Waals surface area contributed by atoms with E-state index in [-0.39, 0.29) is 17.4 Å². The van der Waals surface area contributed by atoms with E-state index in [1.54, 1.807) is 4.90 Å². The van der Waals surface area contributed by atoms with Crippen molar-refractivity contribution >= 4 is 11.6 Å². The van der Waals surface area contributed by atoms with Gasteiger partial charge in [0.1, 0.15) is 0 Å². The van der Waals surface area contributed by atoms with Gasteiger partial charge in [-0.25, -0.2) is 9.97 Å². The van der Waals surface area contributed by atoms with Crippen LogP contribution in [0.1, 0.15) is 38.4 Å². The van der Waals surface area contributed by atoms with Gasteiger partial charge in [-0.05, 0) is 32.4 Å². The molecule has 1 amide bonds. The summed E-state index contributed by atoms with van der Waals surface area (Å²) < 4.78 is 37.8. The molecule has 2 fully saturated rings. The van der Waals surface area contributed by atoms with E-state index in [2.05, 4.69) is 15.3 Å². The highest BCUT2D eigenvalue weighted by Crippen LogP contribution is 2.47. The third-order valence-electron chi connectivity index (χ3n) is 4.95. The number of aromatic nitrogens is 2. The second-order valence-electron chi connectivity index (χ2n) is 6.24. The Labute approximate surface area is 132 Å². The Bertz CT molecular complexity index is 581. The van der Waals surface area contributed by atoms with E-state index in [0.717, 1.165) is 44.7 Å². The summed E-state index contributed by atoms with van der Waals surface area (Å²) in [5, 5.41) is 3.29. The third kappa shape index (κ3) is 2.80. The van der Waals surface area contributed by atoms with Crippen molar-refractivity contribution in [2.75, 3.05) is 18.0 Å². The summed E-state index contributed by atoms with van der Waals surface area (Å²) in [6, 6.07) is -0.0163. The summed E-state index contributed by atoms with van der Waals surface area (Å²) >= 11 is 0. The molecular weight excluding hydrogens is 309 g/mol. The van der Waals surface area contributed by atoms with Crippen LogP contribution in [0.5, 0.6) is 0 Å². The van der Waals surface area contributed by atoms with Crippen LogP contribution >= 0.6 is 0 Å². The van der Waals surface area contributed by atoms with Crippen LogP contribution in [0.2, 0.25) is 0 Å². The van der Waals surface area contributed by atoms with Crippen molar-refractivity contribution in [3.8, 4) is 0 Å². The van der Waals surface area contributed by atoms with E-state index < -0.39 is 12.0 Å². The van der Waals surface area contributed by atoms with E-state index >= 15 is 0 Å². The maximum atomic E-state index is 12.6. The molecule has 1 unspecified atom stereocenters. The first-order valence-electron chi connectivity index (χ1n) is 7.79. The average molecular weight is 328 g/mol. The molecule has 0 radical (unpaired) electrons. The van der Waals surface area contributed by atoms with E-state index in [1.165, 1.54) is 0 Å². The van der Waals surface area contributed by atoms with Gasteiger partial charge in [-0.2, -0.15) is 13.2 Å². The highest BCUT2D eigenvalue weighted by Gasteiger charge is 2.51. The van der Waals surface area contributed by atoms with Gasteiger partial charge >= 0.3 is 6.18 Å².